The van der Waals surface area contributed by atoms with E-state index in [0.717, 1.165) is 25.0 Å². The highest BCUT2D eigenvalue weighted by molar-refractivity contribution is 5.81. The van der Waals surface area contributed by atoms with Gasteiger partial charge in [0.1, 0.15) is 5.75 Å². The summed E-state index contributed by atoms with van der Waals surface area (Å²) < 4.78 is 17.6. The number of rotatable bonds is 14. The predicted molar refractivity (Wildman–Crippen MR) is 112 cm³/mol. The van der Waals surface area contributed by atoms with Crippen LogP contribution >= 0.6 is 0 Å². The molecule has 0 saturated carbocycles. The molecule has 0 aliphatic carbocycles. The third-order valence-corrected chi connectivity index (χ3v) is 5.49. The minimum absolute atomic E-state index is 0.214. The molecule has 0 aromatic heterocycles. The monoisotopic (exact) mass is 388 g/mol. The molecule has 28 heavy (non-hydrogen) atoms. The van der Waals surface area contributed by atoms with Crippen LogP contribution in [0.3, 0.4) is 0 Å². The second-order valence-corrected chi connectivity index (χ2v) is 7.59. The lowest BCUT2D eigenvalue weighted by Crippen LogP contribution is -2.41. The fourth-order valence-corrected chi connectivity index (χ4v) is 3.90. The Hall–Kier alpha value is -1.81. The highest BCUT2D eigenvalue weighted by Gasteiger charge is 2.47. The number of benzene rings is 1. The van der Waals surface area contributed by atoms with Crippen LogP contribution in [0.4, 0.5) is 0 Å². The molecule has 4 heteroatoms. The Morgan fingerprint density at radius 3 is 2.61 bits per heavy atom. The summed E-state index contributed by atoms with van der Waals surface area (Å²) in [6, 6.07) is 9.69. The van der Waals surface area contributed by atoms with Crippen molar-refractivity contribution in [2.24, 2.45) is 5.92 Å². The number of carbonyl (C=O) groups is 1. The maximum Gasteiger partial charge on any atom is 0.332 e. The van der Waals surface area contributed by atoms with Gasteiger partial charge in [0.05, 0.1) is 13.2 Å². The summed E-state index contributed by atoms with van der Waals surface area (Å²) >= 11 is 0. The highest BCUT2D eigenvalue weighted by Crippen LogP contribution is 2.40. The van der Waals surface area contributed by atoms with Crippen molar-refractivity contribution in [1.82, 2.24) is 0 Å². The molecular formula is C24H36O4. The van der Waals surface area contributed by atoms with Gasteiger partial charge in [-0.3, -0.25) is 0 Å². The summed E-state index contributed by atoms with van der Waals surface area (Å²) in [4.78, 5) is 12.0. The average molecular weight is 389 g/mol. The summed E-state index contributed by atoms with van der Waals surface area (Å²) in [5.41, 5.74) is 0. The van der Waals surface area contributed by atoms with Gasteiger partial charge in [-0.25, -0.2) is 4.79 Å². The molecule has 1 fully saturated rings. The summed E-state index contributed by atoms with van der Waals surface area (Å²) in [6.07, 6.45) is 12.6. The fraction of sp³-hybridized carbons (Fsp3) is 0.625. The van der Waals surface area contributed by atoms with Crippen LogP contribution in [0.15, 0.2) is 43.0 Å². The number of esters is 1. The van der Waals surface area contributed by atoms with Gasteiger partial charge in [-0.05, 0) is 25.0 Å². The first-order valence-corrected chi connectivity index (χ1v) is 10.9. The van der Waals surface area contributed by atoms with Crippen molar-refractivity contribution in [3.63, 3.8) is 0 Å². The van der Waals surface area contributed by atoms with Gasteiger partial charge in [-0.1, -0.05) is 76.6 Å². The largest absolute Gasteiger partial charge is 0.493 e. The highest BCUT2D eigenvalue weighted by atomic mass is 16.7. The molecule has 0 N–H and O–H groups in total. The van der Waals surface area contributed by atoms with E-state index >= 15 is 0 Å². The van der Waals surface area contributed by atoms with Crippen molar-refractivity contribution in [2.75, 3.05) is 13.2 Å². The van der Waals surface area contributed by atoms with Gasteiger partial charge in [0.2, 0.25) is 5.79 Å². The number of hydrogen-bond acceptors (Lipinski definition) is 4. The first kappa shape index (κ1) is 22.5. The lowest BCUT2D eigenvalue weighted by molar-refractivity contribution is -0.229. The summed E-state index contributed by atoms with van der Waals surface area (Å²) in [7, 11) is 0. The molecule has 2 rings (SSSR count). The number of hydrogen-bond donors (Lipinski definition) is 0. The van der Waals surface area contributed by atoms with E-state index in [2.05, 4.69) is 13.5 Å². The molecule has 0 bridgehead atoms. The van der Waals surface area contributed by atoms with Crippen LogP contribution in [-0.4, -0.2) is 25.0 Å². The Bertz CT molecular complexity index is 571. The fourth-order valence-electron chi connectivity index (χ4n) is 3.90. The maximum absolute atomic E-state index is 12.0. The Morgan fingerprint density at radius 2 is 1.89 bits per heavy atom. The molecule has 2 unspecified atom stereocenters. The van der Waals surface area contributed by atoms with E-state index in [4.69, 9.17) is 14.2 Å². The number of carbonyl (C=O) groups excluding carboxylic acids is 1. The van der Waals surface area contributed by atoms with E-state index in [0.29, 0.717) is 19.6 Å². The summed E-state index contributed by atoms with van der Waals surface area (Å²) in [5.74, 6) is -0.283. The van der Waals surface area contributed by atoms with Gasteiger partial charge in [0, 0.05) is 18.4 Å². The molecule has 0 radical (unpaired) electrons. The van der Waals surface area contributed by atoms with Crippen LogP contribution in [-0.2, 0) is 14.3 Å². The third kappa shape index (κ3) is 7.31. The average Bonchev–Trinajstić information content (AvgIpc) is 3.10. The van der Waals surface area contributed by atoms with Crippen LogP contribution in [0.5, 0.6) is 5.75 Å². The summed E-state index contributed by atoms with van der Waals surface area (Å²) in [6.45, 7) is 6.85. The van der Waals surface area contributed by atoms with Gasteiger partial charge < -0.3 is 14.2 Å². The molecule has 1 aliphatic heterocycles. The van der Waals surface area contributed by atoms with Crippen LogP contribution < -0.4 is 4.74 Å². The zero-order valence-electron chi connectivity index (χ0n) is 17.4. The van der Waals surface area contributed by atoms with Gasteiger partial charge in [0.15, 0.2) is 0 Å². The van der Waals surface area contributed by atoms with E-state index in [1.807, 2.05) is 30.3 Å². The van der Waals surface area contributed by atoms with Crippen LogP contribution in [0, 0.1) is 5.92 Å². The molecule has 0 spiro atoms. The van der Waals surface area contributed by atoms with Crippen molar-refractivity contribution < 1.29 is 19.0 Å². The second-order valence-electron chi connectivity index (χ2n) is 7.59. The minimum atomic E-state index is -0.887. The zero-order valence-corrected chi connectivity index (χ0v) is 17.4. The smallest absolute Gasteiger partial charge is 0.332 e. The Balaban J connectivity index is 1.85. The standard InChI is InChI=1S/C24H36O4/c1-3-5-6-7-8-9-11-14-21-17-19-27-24(21,28-23(25)4-2)18-20-26-22-15-12-10-13-16-22/h4,10,12-13,15-16,21H,2-3,5-9,11,14,17-20H2,1H3. The van der Waals surface area contributed by atoms with Crippen molar-refractivity contribution in [3.8, 4) is 5.75 Å². The molecule has 156 valence electrons. The van der Waals surface area contributed by atoms with Gasteiger partial charge in [-0.15, -0.1) is 0 Å². The van der Waals surface area contributed by atoms with Crippen LogP contribution in [0.25, 0.3) is 0 Å². The topological polar surface area (TPSA) is 44.8 Å². The van der Waals surface area contributed by atoms with E-state index in [9.17, 15) is 4.79 Å². The van der Waals surface area contributed by atoms with Crippen molar-refractivity contribution in [3.05, 3.63) is 43.0 Å². The maximum atomic E-state index is 12.0. The Morgan fingerprint density at radius 1 is 1.18 bits per heavy atom. The molecule has 0 amide bonds. The Kier molecular flexibility index (Phi) is 10.1. The second kappa shape index (κ2) is 12.6. The Labute approximate surface area is 170 Å². The van der Waals surface area contributed by atoms with Gasteiger partial charge >= 0.3 is 5.97 Å². The lowest BCUT2D eigenvalue weighted by Gasteiger charge is -2.33. The molecule has 4 nitrogen and oxygen atoms in total. The molecule has 1 aromatic rings. The van der Waals surface area contributed by atoms with Crippen LogP contribution in [0.2, 0.25) is 0 Å². The van der Waals surface area contributed by atoms with Gasteiger partial charge in [-0.2, -0.15) is 0 Å². The van der Waals surface area contributed by atoms with Gasteiger partial charge in [0.25, 0.3) is 0 Å². The molecular weight excluding hydrogens is 352 g/mol. The number of ether oxygens (including phenoxy) is 3. The van der Waals surface area contributed by atoms with Crippen molar-refractivity contribution in [2.45, 2.75) is 76.9 Å². The molecule has 1 aliphatic rings. The third-order valence-electron chi connectivity index (χ3n) is 5.49. The normalized spacial score (nSPS) is 21.4. The molecule has 1 heterocycles. The lowest BCUT2D eigenvalue weighted by atomic mass is 9.89. The van der Waals surface area contributed by atoms with Crippen molar-refractivity contribution in [1.29, 1.82) is 0 Å². The van der Waals surface area contributed by atoms with E-state index in [-0.39, 0.29) is 5.92 Å². The van der Waals surface area contributed by atoms with E-state index in [1.165, 1.54) is 44.6 Å². The molecule has 1 aromatic carbocycles. The first-order valence-electron chi connectivity index (χ1n) is 10.9. The van der Waals surface area contributed by atoms with Crippen LogP contribution in [0.1, 0.15) is 71.1 Å². The quantitative estimate of drug-likeness (QED) is 0.221. The predicted octanol–water partition coefficient (Wildman–Crippen LogP) is 6.06. The number of unbranched alkanes of at least 4 members (excludes halogenated alkanes) is 6. The van der Waals surface area contributed by atoms with E-state index in [1.54, 1.807) is 0 Å². The molecule has 2 atom stereocenters. The SMILES string of the molecule is C=CC(=O)OC1(CCOc2ccccc2)OCCC1CCCCCCCCC. The van der Waals surface area contributed by atoms with Crippen molar-refractivity contribution >= 4 is 5.97 Å². The molecule has 1 saturated heterocycles. The minimum Gasteiger partial charge on any atom is -0.493 e. The first-order chi connectivity index (χ1) is 13.7. The van der Waals surface area contributed by atoms with E-state index < -0.39 is 11.8 Å². The zero-order chi connectivity index (χ0) is 20.1. The summed E-state index contributed by atoms with van der Waals surface area (Å²) in [5, 5.41) is 0. The number of para-hydroxylation sites is 1.